The van der Waals surface area contributed by atoms with Gasteiger partial charge in [-0.3, -0.25) is 0 Å². The smallest absolute Gasteiger partial charge is 0.321 e. The van der Waals surface area contributed by atoms with Gasteiger partial charge in [0.05, 0.1) is 5.71 Å². The second-order valence-electron chi connectivity index (χ2n) is 7.09. The molecular weight excluding hydrogens is 326 g/mol. The first kappa shape index (κ1) is 16.6. The van der Waals surface area contributed by atoms with Crippen LogP contribution in [0, 0.1) is 6.92 Å². The Kier molecular flexibility index (Phi) is 4.37. The third kappa shape index (κ3) is 3.29. The second-order valence-corrected chi connectivity index (χ2v) is 7.09. The van der Waals surface area contributed by atoms with Crippen molar-refractivity contribution in [3.63, 3.8) is 0 Å². The highest BCUT2D eigenvalue weighted by molar-refractivity contribution is 6.01. The number of nitrogens with zero attached hydrogens (tertiary/aromatic N) is 2. The van der Waals surface area contributed by atoms with Crippen LogP contribution in [0.5, 0.6) is 0 Å². The van der Waals surface area contributed by atoms with Gasteiger partial charge in [0.1, 0.15) is 5.60 Å². The summed E-state index contributed by atoms with van der Waals surface area (Å²) in [5, 5.41) is 7.34. The topological polar surface area (TPSA) is 53.9 Å². The number of amides is 2. The number of likely N-dealkylation sites (tertiary alicyclic amines) is 1. The Morgan fingerprint density at radius 1 is 1.08 bits per heavy atom. The maximum atomic E-state index is 12.6. The Balaban J connectivity index is 1.35. The molecule has 0 unspecified atom stereocenters. The van der Waals surface area contributed by atoms with E-state index in [2.05, 4.69) is 22.6 Å². The first-order valence-electron chi connectivity index (χ1n) is 9.07. The van der Waals surface area contributed by atoms with Crippen molar-refractivity contribution in [2.24, 2.45) is 5.16 Å². The minimum atomic E-state index is -0.259. The fourth-order valence-corrected chi connectivity index (χ4v) is 3.60. The Labute approximate surface area is 153 Å². The number of anilines is 1. The Morgan fingerprint density at radius 2 is 1.77 bits per heavy atom. The Bertz CT molecular complexity index is 824. The van der Waals surface area contributed by atoms with Crippen LogP contribution in [0.1, 0.15) is 30.4 Å². The number of hydrogen-bond acceptors (Lipinski definition) is 3. The van der Waals surface area contributed by atoms with Gasteiger partial charge in [-0.1, -0.05) is 53.7 Å². The standard InChI is InChI=1S/C21H23N3O2/c1-16-7-5-6-10-18(16)22-20(25)24-13-11-21(12-14-24)15-19(23-26-21)17-8-3-2-4-9-17/h2-10H,11-15H2,1H3,(H,22,25). The van der Waals surface area contributed by atoms with Crippen molar-refractivity contribution in [1.29, 1.82) is 0 Å². The summed E-state index contributed by atoms with van der Waals surface area (Å²) < 4.78 is 0. The maximum absolute atomic E-state index is 12.6. The first-order valence-corrected chi connectivity index (χ1v) is 9.07. The van der Waals surface area contributed by atoms with Crippen LogP contribution < -0.4 is 5.32 Å². The number of urea groups is 1. The zero-order chi connectivity index (χ0) is 18.0. The minimum Gasteiger partial charge on any atom is -0.388 e. The lowest BCUT2D eigenvalue weighted by Crippen LogP contribution is -2.48. The monoisotopic (exact) mass is 349 g/mol. The Hall–Kier alpha value is -2.82. The zero-order valence-corrected chi connectivity index (χ0v) is 14.9. The van der Waals surface area contributed by atoms with Crippen LogP contribution in [-0.4, -0.2) is 35.3 Å². The molecule has 26 heavy (non-hydrogen) atoms. The molecule has 1 fully saturated rings. The fourth-order valence-electron chi connectivity index (χ4n) is 3.60. The molecule has 0 radical (unpaired) electrons. The second kappa shape index (κ2) is 6.83. The molecule has 2 aliphatic heterocycles. The van der Waals surface area contributed by atoms with Crippen LogP contribution in [0.2, 0.25) is 0 Å². The molecule has 2 aromatic rings. The molecule has 0 bridgehead atoms. The van der Waals surface area contributed by atoms with Crippen molar-refractivity contribution in [1.82, 2.24) is 4.90 Å². The lowest BCUT2D eigenvalue weighted by Gasteiger charge is -2.37. The van der Waals surface area contributed by atoms with Crippen molar-refractivity contribution in [3.05, 3.63) is 65.7 Å². The highest BCUT2D eigenvalue weighted by Gasteiger charge is 2.43. The number of hydrogen-bond donors (Lipinski definition) is 1. The number of carbonyl (C=O) groups is 1. The maximum Gasteiger partial charge on any atom is 0.321 e. The van der Waals surface area contributed by atoms with Crippen LogP contribution >= 0.6 is 0 Å². The predicted octanol–water partition coefficient (Wildman–Crippen LogP) is 4.19. The van der Waals surface area contributed by atoms with E-state index in [1.54, 1.807) is 0 Å². The van der Waals surface area contributed by atoms with E-state index in [0.29, 0.717) is 13.1 Å². The third-order valence-electron chi connectivity index (χ3n) is 5.29. The molecular formula is C21H23N3O2. The summed E-state index contributed by atoms with van der Waals surface area (Å²) in [6.45, 7) is 3.35. The van der Waals surface area contributed by atoms with E-state index < -0.39 is 0 Å². The van der Waals surface area contributed by atoms with Crippen molar-refractivity contribution in [3.8, 4) is 0 Å². The van der Waals surface area contributed by atoms with Gasteiger partial charge in [-0.25, -0.2) is 4.79 Å². The van der Waals surface area contributed by atoms with Gasteiger partial charge < -0.3 is 15.1 Å². The molecule has 1 N–H and O–H groups in total. The first-order chi connectivity index (χ1) is 12.7. The molecule has 1 saturated heterocycles. The number of oxime groups is 1. The van der Waals surface area contributed by atoms with Crippen LogP contribution in [0.3, 0.4) is 0 Å². The molecule has 2 aliphatic rings. The van der Waals surface area contributed by atoms with Gasteiger partial charge in [0.25, 0.3) is 0 Å². The Morgan fingerprint density at radius 3 is 2.50 bits per heavy atom. The summed E-state index contributed by atoms with van der Waals surface area (Å²) in [6.07, 6.45) is 2.41. The summed E-state index contributed by atoms with van der Waals surface area (Å²) in [5.74, 6) is 0. The van der Waals surface area contributed by atoms with Crippen molar-refractivity contribution >= 4 is 17.4 Å². The van der Waals surface area contributed by atoms with Gasteiger partial charge in [0.15, 0.2) is 0 Å². The average molecular weight is 349 g/mol. The normalized spacial score (nSPS) is 18.3. The lowest BCUT2D eigenvalue weighted by molar-refractivity contribution is -0.0544. The molecule has 1 spiro atoms. The molecule has 2 amide bonds. The predicted molar refractivity (Wildman–Crippen MR) is 102 cm³/mol. The molecule has 4 rings (SSSR count). The SMILES string of the molecule is Cc1ccccc1NC(=O)N1CCC2(CC1)CC(c1ccccc1)=NO2. The molecule has 0 saturated carbocycles. The fraction of sp³-hybridized carbons (Fsp3) is 0.333. The number of aryl methyl sites for hydroxylation is 1. The molecule has 2 aromatic carbocycles. The number of carbonyl (C=O) groups excluding carboxylic acids is 1. The number of piperidine rings is 1. The molecule has 0 aliphatic carbocycles. The van der Waals surface area contributed by atoms with Gasteiger partial charge >= 0.3 is 6.03 Å². The van der Waals surface area contributed by atoms with E-state index in [9.17, 15) is 4.79 Å². The largest absolute Gasteiger partial charge is 0.388 e. The van der Waals surface area contributed by atoms with Gasteiger partial charge in [-0.2, -0.15) is 0 Å². The average Bonchev–Trinajstić information content (AvgIpc) is 3.08. The summed E-state index contributed by atoms with van der Waals surface area (Å²) in [4.78, 5) is 20.3. The molecule has 5 heteroatoms. The number of rotatable bonds is 2. The zero-order valence-electron chi connectivity index (χ0n) is 14.9. The van der Waals surface area contributed by atoms with E-state index in [-0.39, 0.29) is 11.6 Å². The third-order valence-corrected chi connectivity index (χ3v) is 5.29. The van der Waals surface area contributed by atoms with Crippen LogP contribution in [0.25, 0.3) is 0 Å². The van der Waals surface area contributed by atoms with Gasteiger partial charge in [0.2, 0.25) is 0 Å². The van der Waals surface area contributed by atoms with E-state index in [0.717, 1.165) is 41.8 Å². The summed E-state index contributed by atoms with van der Waals surface area (Å²) in [7, 11) is 0. The number of benzene rings is 2. The molecule has 0 aromatic heterocycles. The molecule has 2 heterocycles. The highest BCUT2D eigenvalue weighted by atomic mass is 16.7. The highest BCUT2D eigenvalue weighted by Crippen LogP contribution is 2.36. The van der Waals surface area contributed by atoms with E-state index in [1.165, 1.54) is 0 Å². The quantitative estimate of drug-likeness (QED) is 0.884. The van der Waals surface area contributed by atoms with E-state index in [1.807, 2.05) is 54.3 Å². The number of nitrogens with one attached hydrogen (secondary N) is 1. The minimum absolute atomic E-state index is 0.0450. The van der Waals surface area contributed by atoms with Crippen molar-refractivity contribution < 1.29 is 9.63 Å². The van der Waals surface area contributed by atoms with Crippen LogP contribution in [-0.2, 0) is 4.84 Å². The summed E-state index contributed by atoms with van der Waals surface area (Å²) in [5.41, 5.74) is 3.79. The van der Waals surface area contributed by atoms with Crippen molar-refractivity contribution in [2.75, 3.05) is 18.4 Å². The lowest BCUT2D eigenvalue weighted by atomic mass is 9.85. The molecule has 0 atom stereocenters. The van der Waals surface area contributed by atoms with Crippen molar-refractivity contribution in [2.45, 2.75) is 31.8 Å². The summed E-state index contributed by atoms with van der Waals surface area (Å²) >= 11 is 0. The van der Waals surface area contributed by atoms with Crippen LogP contribution in [0.4, 0.5) is 10.5 Å². The summed E-state index contributed by atoms with van der Waals surface area (Å²) in [6, 6.07) is 17.9. The van der Waals surface area contributed by atoms with Crippen LogP contribution in [0.15, 0.2) is 59.8 Å². The van der Waals surface area contributed by atoms with Gasteiger partial charge in [-0.05, 0) is 24.1 Å². The van der Waals surface area contributed by atoms with E-state index in [4.69, 9.17) is 4.84 Å². The number of para-hydroxylation sites is 1. The molecule has 134 valence electrons. The van der Waals surface area contributed by atoms with Gasteiger partial charge in [0, 0.05) is 38.0 Å². The molecule has 5 nitrogen and oxygen atoms in total. The van der Waals surface area contributed by atoms with E-state index >= 15 is 0 Å². The van der Waals surface area contributed by atoms with Gasteiger partial charge in [-0.15, -0.1) is 0 Å².